The number of hydrogen-bond acceptors (Lipinski definition) is 2. The van der Waals surface area contributed by atoms with Crippen LogP contribution in [-0.4, -0.2) is 22.3 Å². The molecule has 0 bridgehead atoms. The van der Waals surface area contributed by atoms with Gasteiger partial charge in [-0.05, 0) is 27.2 Å². The van der Waals surface area contributed by atoms with Crippen molar-refractivity contribution in [3.8, 4) is 0 Å². The van der Waals surface area contributed by atoms with Crippen LogP contribution in [-0.2, 0) is 9.59 Å². The van der Waals surface area contributed by atoms with Crippen molar-refractivity contribution >= 4 is 11.8 Å². The molecule has 1 rings (SSSR count). The molecule has 1 aliphatic heterocycles. The van der Waals surface area contributed by atoms with Crippen LogP contribution in [0.2, 0.25) is 0 Å². The van der Waals surface area contributed by atoms with Gasteiger partial charge in [0.1, 0.15) is 0 Å². The molecule has 2 amide bonds. The fraction of sp³-hybridized carbons (Fsp3) is 0.818. The molecule has 0 unspecified atom stereocenters. The molecule has 0 atom stereocenters. The van der Waals surface area contributed by atoms with E-state index in [2.05, 4.69) is 0 Å². The summed E-state index contributed by atoms with van der Waals surface area (Å²) in [5.74, 6) is -0.0805. The second-order valence-corrected chi connectivity index (χ2v) is 5.59. The first-order valence-electron chi connectivity index (χ1n) is 5.04. The number of carbonyl (C=O) groups is 2. The lowest BCUT2D eigenvalue weighted by atomic mass is 9.81. The maximum absolute atomic E-state index is 12.0. The van der Waals surface area contributed by atoms with E-state index in [0.29, 0.717) is 12.8 Å². The number of likely N-dealkylation sites (tertiary alicyclic amines) is 1. The van der Waals surface area contributed by atoms with E-state index in [9.17, 15) is 9.59 Å². The van der Waals surface area contributed by atoms with E-state index < -0.39 is 5.54 Å². The Bertz CT molecular complexity index is 274. The number of carbonyl (C=O) groups excluding carboxylic acids is 2. The minimum atomic E-state index is -0.397. The van der Waals surface area contributed by atoms with E-state index in [-0.39, 0.29) is 17.2 Å². The highest BCUT2D eigenvalue weighted by atomic mass is 16.2. The van der Waals surface area contributed by atoms with Gasteiger partial charge in [0.05, 0.1) is 0 Å². The normalized spacial score (nSPS) is 22.8. The first-order chi connectivity index (χ1) is 6.16. The van der Waals surface area contributed by atoms with Crippen molar-refractivity contribution in [1.29, 1.82) is 0 Å². The number of hydrogen-bond donors (Lipinski definition) is 0. The lowest BCUT2D eigenvalue weighted by molar-refractivity contribution is -0.162. The van der Waals surface area contributed by atoms with Gasteiger partial charge >= 0.3 is 0 Å². The number of imide groups is 1. The van der Waals surface area contributed by atoms with Crippen molar-refractivity contribution in [3.05, 3.63) is 0 Å². The maximum atomic E-state index is 12.0. The van der Waals surface area contributed by atoms with Gasteiger partial charge in [0.25, 0.3) is 0 Å². The third-order valence-electron chi connectivity index (χ3n) is 2.67. The number of amides is 2. The highest BCUT2D eigenvalue weighted by Gasteiger charge is 2.44. The van der Waals surface area contributed by atoms with Crippen molar-refractivity contribution < 1.29 is 9.59 Å². The predicted molar refractivity (Wildman–Crippen MR) is 54.6 cm³/mol. The van der Waals surface area contributed by atoms with Crippen molar-refractivity contribution in [2.75, 3.05) is 0 Å². The quantitative estimate of drug-likeness (QED) is 0.557. The van der Waals surface area contributed by atoms with Gasteiger partial charge in [-0.25, -0.2) is 0 Å². The van der Waals surface area contributed by atoms with Crippen LogP contribution in [0.4, 0.5) is 0 Å². The molecule has 3 heteroatoms. The molecule has 1 fully saturated rings. The van der Waals surface area contributed by atoms with E-state index in [0.717, 1.165) is 0 Å². The van der Waals surface area contributed by atoms with Crippen LogP contribution in [0, 0.1) is 5.41 Å². The molecule has 14 heavy (non-hydrogen) atoms. The molecule has 0 aromatic rings. The molecule has 1 saturated heterocycles. The zero-order valence-electron chi connectivity index (χ0n) is 9.68. The third kappa shape index (κ3) is 1.81. The van der Waals surface area contributed by atoms with Gasteiger partial charge in [-0.3, -0.25) is 14.5 Å². The molecule has 80 valence electrons. The number of nitrogens with zero attached hydrogens (tertiary/aromatic N) is 1. The molecular formula is C11H19NO2. The van der Waals surface area contributed by atoms with Crippen LogP contribution in [0.1, 0.15) is 47.5 Å². The topological polar surface area (TPSA) is 37.4 Å². The van der Waals surface area contributed by atoms with Gasteiger partial charge in [-0.1, -0.05) is 13.8 Å². The van der Waals surface area contributed by atoms with E-state index in [1.54, 1.807) is 0 Å². The Morgan fingerprint density at radius 2 is 1.71 bits per heavy atom. The Morgan fingerprint density at radius 3 is 2.07 bits per heavy atom. The van der Waals surface area contributed by atoms with Gasteiger partial charge in [0.2, 0.25) is 11.8 Å². The van der Waals surface area contributed by atoms with Crippen LogP contribution in [0.5, 0.6) is 0 Å². The molecule has 0 radical (unpaired) electrons. The number of piperidine rings is 1. The van der Waals surface area contributed by atoms with Crippen LogP contribution in [0.3, 0.4) is 0 Å². The average molecular weight is 197 g/mol. The fourth-order valence-corrected chi connectivity index (χ4v) is 1.73. The smallest absolute Gasteiger partial charge is 0.235 e. The minimum Gasteiger partial charge on any atom is -0.277 e. The SMILES string of the molecule is CC1(C)CCC(=O)N(C(C)(C)C)C1=O. The second-order valence-electron chi connectivity index (χ2n) is 5.59. The van der Waals surface area contributed by atoms with Gasteiger partial charge in [-0.15, -0.1) is 0 Å². The molecule has 0 aromatic carbocycles. The Morgan fingerprint density at radius 1 is 1.21 bits per heavy atom. The van der Waals surface area contributed by atoms with Crippen molar-refractivity contribution in [2.24, 2.45) is 5.41 Å². The summed E-state index contributed by atoms with van der Waals surface area (Å²) in [5.41, 5.74) is -0.785. The predicted octanol–water partition coefficient (Wildman–Crippen LogP) is 1.96. The molecule has 0 aliphatic carbocycles. The molecule has 0 spiro atoms. The summed E-state index contributed by atoms with van der Waals surface area (Å²) in [5, 5.41) is 0. The second kappa shape index (κ2) is 3.07. The minimum absolute atomic E-state index is 0.0400. The molecule has 0 N–H and O–H groups in total. The lowest BCUT2D eigenvalue weighted by Crippen LogP contribution is -2.57. The summed E-state index contributed by atoms with van der Waals surface area (Å²) in [6.07, 6.45) is 1.15. The van der Waals surface area contributed by atoms with Gasteiger partial charge in [0, 0.05) is 17.4 Å². The highest BCUT2D eigenvalue weighted by molar-refractivity contribution is 6.01. The Kier molecular flexibility index (Phi) is 2.46. The largest absolute Gasteiger partial charge is 0.277 e. The first-order valence-corrected chi connectivity index (χ1v) is 5.04. The molecule has 0 aromatic heterocycles. The van der Waals surface area contributed by atoms with Crippen LogP contribution in [0.25, 0.3) is 0 Å². The molecule has 1 heterocycles. The molecule has 3 nitrogen and oxygen atoms in total. The van der Waals surface area contributed by atoms with Crippen molar-refractivity contribution in [3.63, 3.8) is 0 Å². The van der Waals surface area contributed by atoms with E-state index in [1.165, 1.54) is 4.90 Å². The average Bonchev–Trinajstić information content (AvgIpc) is 1.96. The summed E-state index contributed by atoms with van der Waals surface area (Å²) in [4.78, 5) is 25.1. The van der Waals surface area contributed by atoms with E-state index in [1.807, 2.05) is 34.6 Å². The fourth-order valence-electron chi connectivity index (χ4n) is 1.73. The van der Waals surface area contributed by atoms with Crippen molar-refractivity contribution in [1.82, 2.24) is 4.90 Å². The highest BCUT2D eigenvalue weighted by Crippen LogP contribution is 2.34. The third-order valence-corrected chi connectivity index (χ3v) is 2.67. The van der Waals surface area contributed by atoms with Gasteiger partial charge < -0.3 is 0 Å². The summed E-state index contributed by atoms with van der Waals surface area (Å²) in [7, 11) is 0. The Labute approximate surface area is 85.5 Å². The summed E-state index contributed by atoms with van der Waals surface area (Å²) in [6.45, 7) is 9.49. The monoisotopic (exact) mass is 197 g/mol. The summed E-state index contributed by atoms with van der Waals surface area (Å²) < 4.78 is 0. The number of rotatable bonds is 0. The van der Waals surface area contributed by atoms with Gasteiger partial charge in [-0.2, -0.15) is 0 Å². The van der Waals surface area contributed by atoms with Crippen LogP contribution in [0.15, 0.2) is 0 Å². The lowest BCUT2D eigenvalue weighted by Gasteiger charge is -2.42. The maximum Gasteiger partial charge on any atom is 0.235 e. The van der Waals surface area contributed by atoms with Crippen LogP contribution < -0.4 is 0 Å². The standard InChI is InChI=1S/C11H19NO2/c1-10(2,3)12-8(13)6-7-11(4,5)9(12)14/h6-7H2,1-5H3. The van der Waals surface area contributed by atoms with E-state index >= 15 is 0 Å². The zero-order chi connectivity index (χ0) is 11.1. The molecule has 0 saturated carbocycles. The van der Waals surface area contributed by atoms with Gasteiger partial charge in [0.15, 0.2) is 0 Å². The molecular weight excluding hydrogens is 178 g/mol. The first kappa shape index (κ1) is 11.2. The van der Waals surface area contributed by atoms with E-state index in [4.69, 9.17) is 0 Å². The Balaban J connectivity index is 3.03. The van der Waals surface area contributed by atoms with Crippen LogP contribution >= 0.6 is 0 Å². The van der Waals surface area contributed by atoms with Crippen molar-refractivity contribution in [2.45, 2.75) is 53.0 Å². The summed E-state index contributed by atoms with van der Waals surface area (Å²) >= 11 is 0. The zero-order valence-corrected chi connectivity index (χ0v) is 9.68. The molecule has 1 aliphatic rings. The summed E-state index contributed by atoms with van der Waals surface area (Å²) in [6, 6.07) is 0. The Hall–Kier alpha value is -0.860.